The molecular formula is C15H17NO2. The highest BCUT2D eigenvalue weighted by Gasteiger charge is 2.15. The Labute approximate surface area is 107 Å². The lowest BCUT2D eigenvalue weighted by atomic mass is 10.2. The van der Waals surface area contributed by atoms with Crippen LogP contribution in [0, 0.1) is 0 Å². The van der Waals surface area contributed by atoms with Crippen LogP contribution in [-0.2, 0) is 4.74 Å². The summed E-state index contributed by atoms with van der Waals surface area (Å²) < 4.78 is 11.4. The van der Waals surface area contributed by atoms with Crippen LogP contribution in [0.5, 0.6) is 5.75 Å². The SMILES string of the molecule is c1cnc2c(OCCC3CCCO3)cccc2c1. The largest absolute Gasteiger partial charge is 0.491 e. The maximum atomic E-state index is 5.84. The Kier molecular flexibility index (Phi) is 3.42. The molecule has 3 heteroatoms. The molecule has 1 unspecified atom stereocenters. The zero-order valence-corrected chi connectivity index (χ0v) is 10.3. The topological polar surface area (TPSA) is 31.4 Å². The zero-order chi connectivity index (χ0) is 12.2. The highest BCUT2D eigenvalue weighted by Crippen LogP contribution is 2.23. The average Bonchev–Trinajstić information content (AvgIpc) is 2.92. The van der Waals surface area contributed by atoms with E-state index in [-0.39, 0.29) is 0 Å². The summed E-state index contributed by atoms with van der Waals surface area (Å²) in [6, 6.07) is 10.0. The third-order valence-corrected chi connectivity index (χ3v) is 3.32. The van der Waals surface area contributed by atoms with E-state index in [1.807, 2.05) is 18.2 Å². The minimum Gasteiger partial charge on any atom is -0.491 e. The smallest absolute Gasteiger partial charge is 0.145 e. The van der Waals surface area contributed by atoms with Crippen LogP contribution in [0.3, 0.4) is 0 Å². The van der Waals surface area contributed by atoms with Crippen molar-refractivity contribution in [1.82, 2.24) is 4.98 Å². The molecule has 18 heavy (non-hydrogen) atoms. The lowest BCUT2D eigenvalue weighted by Crippen LogP contribution is -2.10. The Morgan fingerprint density at radius 1 is 1.28 bits per heavy atom. The molecule has 1 aliphatic rings. The molecule has 1 aromatic heterocycles. The summed E-state index contributed by atoms with van der Waals surface area (Å²) in [6.45, 7) is 1.60. The first-order valence-electron chi connectivity index (χ1n) is 6.51. The van der Waals surface area contributed by atoms with E-state index in [1.54, 1.807) is 6.20 Å². The van der Waals surface area contributed by atoms with Gasteiger partial charge in [-0.3, -0.25) is 4.98 Å². The van der Waals surface area contributed by atoms with Crippen molar-refractivity contribution in [3.05, 3.63) is 36.5 Å². The van der Waals surface area contributed by atoms with Crippen molar-refractivity contribution < 1.29 is 9.47 Å². The molecule has 0 aliphatic carbocycles. The van der Waals surface area contributed by atoms with Crippen molar-refractivity contribution in [2.24, 2.45) is 0 Å². The summed E-state index contributed by atoms with van der Waals surface area (Å²) in [5.74, 6) is 0.867. The van der Waals surface area contributed by atoms with Crippen LogP contribution in [0.2, 0.25) is 0 Å². The highest BCUT2D eigenvalue weighted by molar-refractivity contribution is 5.84. The van der Waals surface area contributed by atoms with Gasteiger partial charge < -0.3 is 9.47 Å². The number of nitrogens with zero attached hydrogens (tertiary/aromatic N) is 1. The molecule has 3 nitrogen and oxygen atoms in total. The number of pyridine rings is 1. The molecule has 0 bridgehead atoms. The minimum atomic E-state index is 0.382. The van der Waals surface area contributed by atoms with Gasteiger partial charge in [0, 0.05) is 24.6 Å². The third-order valence-electron chi connectivity index (χ3n) is 3.32. The summed E-state index contributed by atoms with van der Waals surface area (Å²) >= 11 is 0. The van der Waals surface area contributed by atoms with Crippen LogP contribution in [0.25, 0.3) is 10.9 Å². The van der Waals surface area contributed by atoms with Crippen molar-refractivity contribution in [1.29, 1.82) is 0 Å². The van der Waals surface area contributed by atoms with Gasteiger partial charge in [-0.05, 0) is 25.0 Å². The number of ether oxygens (including phenoxy) is 2. The summed E-state index contributed by atoms with van der Waals surface area (Å²) in [4.78, 5) is 4.38. The van der Waals surface area contributed by atoms with Crippen molar-refractivity contribution >= 4 is 10.9 Å². The Balaban J connectivity index is 1.66. The van der Waals surface area contributed by atoms with Crippen molar-refractivity contribution in [3.8, 4) is 5.75 Å². The highest BCUT2D eigenvalue weighted by atomic mass is 16.5. The lowest BCUT2D eigenvalue weighted by Gasteiger charge is -2.11. The van der Waals surface area contributed by atoms with Gasteiger partial charge in [0.1, 0.15) is 11.3 Å². The minimum absolute atomic E-state index is 0.382. The molecule has 2 heterocycles. The first-order valence-corrected chi connectivity index (χ1v) is 6.51. The number of fused-ring (bicyclic) bond motifs is 1. The van der Waals surface area contributed by atoms with E-state index in [9.17, 15) is 0 Å². The van der Waals surface area contributed by atoms with Gasteiger partial charge in [-0.2, -0.15) is 0 Å². The number of benzene rings is 1. The van der Waals surface area contributed by atoms with Crippen LogP contribution >= 0.6 is 0 Å². The van der Waals surface area contributed by atoms with Gasteiger partial charge in [0.25, 0.3) is 0 Å². The van der Waals surface area contributed by atoms with Gasteiger partial charge >= 0.3 is 0 Å². The number of aromatic nitrogens is 1. The number of hydrogen-bond donors (Lipinski definition) is 0. The molecule has 0 amide bonds. The molecule has 1 fully saturated rings. The van der Waals surface area contributed by atoms with E-state index in [2.05, 4.69) is 17.1 Å². The number of hydrogen-bond acceptors (Lipinski definition) is 3. The number of para-hydroxylation sites is 1. The predicted octanol–water partition coefficient (Wildman–Crippen LogP) is 3.18. The fraction of sp³-hybridized carbons (Fsp3) is 0.400. The average molecular weight is 243 g/mol. The summed E-state index contributed by atoms with van der Waals surface area (Å²) in [5.41, 5.74) is 0.937. The van der Waals surface area contributed by atoms with E-state index < -0.39 is 0 Å². The summed E-state index contributed by atoms with van der Waals surface area (Å²) in [5, 5.41) is 1.12. The molecule has 0 radical (unpaired) electrons. The normalized spacial score (nSPS) is 19.2. The van der Waals surface area contributed by atoms with Gasteiger partial charge in [0.05, 0.1) is 12.7 Å². The molecule has 2 aromatic rings. The van der Waals surface area contributed by atoms with Crippen LogP contribution in [0.1, 0.15) is 19.3 Å². The van der Waals surface area contributed by atoms with Gasteiger partial charge in [0.2, 0.25) is 0 Å². The zero-order valence-electron chi connectivity index (χ0n) is 10.3. The summed E-state index contributed by atoms with van der Waals surface area (Å²) in [6.07, 6.45) is 5.49. The molecule has 94 valence electrons. The summed E-state index contributed by atoms with van der Waals surface area (Å²) in [7, 11) is 0. The second-order valence-corrected chi connectivity index (χ2v) is 4.60. The molecule has 1 aromatic carbocycles. The van der Waals surface area contributed by atoms with Crippen molar-refractivity contribution in [2.45, 2.75) is 25.4 Å². The van der Waals surface area contributed by atoms with Gasteiger partial charge in [-0.25, -0.2) is 0 Å². The molecule has 1 atom stereocenters. The van der Waals surface area contributed by atoms with E-state index in [0.29, 0.717) is 12.7 Å². The van der Waals surface area contributed by atoms with E-state index >= 15 is 0 Å². The first-order chi connectivity index (χ1) is 8.93. The molecule has 0 saturated carbocycles. The van der Waals surface area contributed by atoms with Crippen LogP contribution < -0.4 is 4.74 Å². The Hall–Kier alpha value is -1.61. The first kappa shape index (κ1) is 11.5. The second-order valence-electron chi connectivity index (χ2n) is 4.60. The lowest BCUT2D eigenvalue weighted by molar-refractivity contribution is 0.0905. The van der Waals surface area contributed by atoms with Gasteiger partial charge in [-0.1, -0.05) is 18.2 Å². The predicted molar refractivity (Wildman–Crippen MR) is 70.8 cm³/mol. The Bertz CT molecular complexity index is 515. The van der Waals surface area contributed by atoms with Crippen LogP contribution in [-0.4, -0.2) is 24.3 Å². The standard InChI is InChI=1S/C15H17NO2/c1-4-12-5-2-9-16-15(12)14(7-1)18-11-8-13-6-3-10-17-13/h1-2,4-5,7,9,13H,3,6,8,10-11H2. The molecule has 1 saturated heterocycles. The van der Waals surface area contributed by atoms with Crippen molar-refractivity contribution in [3.63, 3.8) is 0 Å². The molecular weight excluding hydrogens is 226 g/mol. The quantitative estimate of drug-likeness (QED) is 0.826. The third kappa shape index (κ3) is 2.46. The molecule has 3 rings (SSSR count). The monoisotopic (exact) mass is 243 g/mol. The number of rotatable bonds is 4. The van der Waals surface area contributed by atoms with E-state index in [1.165, 1.54) is 6.42 Å². The molecule has 0 spiro atoms. The van der Waals surface area contributed by atoms with Crippen LogP contribution in [0.15, 0.2) is 36.5 Å². The fourth-order valence-electron chi connectivity index (χ4n) is 2.37. The van der Waals surface area contributed by atoms with Crippen molar-refractivity contribution in [2.75, 3.05) is 13.2 Å². The van der Waals surface area contributed by atoms with Crippen LogP contribution in [0.4, 0.5) is 0 Å². The fourth-order valence-corrected chi connectivity index (χ4v) is 2.37. The molecule has 1 aliphatic heterocycles. The maximum Gasteiger partial charge on any atom is 0.145 e. The Morgan fingerprint density at radius 2 is 2.22 bits per heavy atom. The van der Waals surface area contributed by atoms with E-state index in [0.717, 1.165) is 36.1 Å². The van der Waals surface area contributed by atoms with E-state index in [4.69, 9.17) is 9.47 Å². The Morgan fingerprint density at radius 3 is 3.11 bits per heavy atom. The maximum absolute atomic E-state index is 5.84. The van der Waals surface area contributed by atoms with Gasteiger partial charge in [-0.15, -0.1) is 0 Å². The van der Waals surface area contributed by atoms with Gasteiger partial charge in [0.15, 0.2) is 0 Å². The molecule has 0 N–H and O–H groups in total. The second kappa shape index (κ2) is 5.36.